The van der Waals surface area contributed by atoms with E-state index < -0.39 is 260 Å². The fourth-order valence-electron chi connectivity index (χ4n) is 15.4. The zero-order chi connectivity index (χ0) is 83.8. The first-order valence-corrected chi connectivity index (χ1v) is 41.5. The lowest BCUT2D eigenvalue weighted by Crippen LogP contribution is -2.72. The minimum atomic E-state index is -3.19. The number of rotatable bonds is 53. The summed E-state index contributed by atoms with van der Waals surface area (Å²) >= 11 is 0. The molecule has 0 aliphatic carbocycles. The van der Waals surface area contributed by atoms with E-state index in [1.165, 1.54) is 116 Å². The van der Waals surface area contributed by atoms with Crippen molar-refractivity contribution in [2.45, 2.75) is 416 Å². The van der Waals surface area contributed by atoms with Gasteiger partial charge in [0.2, 0.25) is 11.8 Å². The lowest BCUT2D eigenvalue weighted by molar-refractivity contribution is -0.399. The normalized spacial score (nSPS) is 37.4. The van der Waals surface area contributed by atoms with Gasteiger partial charge in [-0.15, -0.1) is 0 Å². The highest BCUT2D eigenvalue weighted by molar-refractivity contribution is 5.76. The molecule has 0 aromatic rings. The van der Waals surface area contributed by atoms with Crippen LogP contribution < -0.4 is 16.4 Å². The van der Waals surface area contributed by atoms with E-state index in [1.54, 1.807) is 6.08 Å². The molecule has 6 aliphatic rings. The Kier molecular flexibility index (Phi) is 45.2. The fraction of sp³-hybridized carbons (Fsp3) is 0.935. The number of unbranched alkanes of at least 4 members (excludes halogenated alkanes) is 25. The predicted molar refractivity (Wildman–Crippen MR) is 400 cm³/mol. The lowest BCUT2D eigenvalue weighted by atomic mass is 9.88. The maximum absolute atomic E-state index is 13.6. The van der Waals surface area contributed by atoms with Gasteiger partial charge in [0.25, 0.3) is 5.79 Å². The van der Waals surface area contributed by atoms with Crippen LogP contribution >= 0.6 is 0 Å². The summed E-state index contributed by atoms with van der Waals surface area (Å²) < 4.78 is 71.9. The highest BCUT2D eigenvalue weighted by atomic mass is 16.8. The summed E-state index contributed by atoms with van der Waals surface area (Å²) in [5.41, 5.74) is 6.04. The summed E-state index contributed by atoms with van der Waals surface area (Å²) in [6.45, 7) is 0.657. The molecule has 0 unspecified atom stereocenters. The minimum absolute atomic E-state index is 0.156. The van der Waals surface area contributed by atoms with Gasteiger partial charge in [0.15, 0.2) is 31.5 Å². The lowest BCUT2D eigenvalue weighted by Gasteiger charge is -2.52. The average Bonchev–Trinajstić information content (AvgIpc) is 0.754. The topological polar surface area (TPSA) is 596 Å². The Hall–Kier alpha value is -3.09. The van der Waals surface area contributed by atoms with Gasteiger partial charge in [0.05, 0.1) is 70.0 Å². The summed E-state index contributed by atoms with van der Waals surface area (Å²) in [6.07, 6.45) is -25.2. The van der Waals surface area contributed by atoms with Gasteiger partial charge in [0.1, 0.15) is 134 Å². The van der Waals surface area contributed by atoms with E-state index in [0.29, 0.717) is 12.8 Å². The second-order valence-corrected chi connectivity index (χ2v) is 31.4. The van der Waals surface area contributed by atoms with Gasteiger partial charge < -0.3 is 170 Å². The van der Waals surface area contributed by atoms with Crippen molar-refractivity contribution in [1.29, 1.82) is 0 Å². The second kappa shape index (κ2) is 51.6. The number of allylic oxidation sites excluding steroid dienone is 1. The van der Waals surface area contributed by atoms with Crippen molar-refractivity contribution in [2.75, 3.05) is 39.6 Å². The molecule has 23 N–H and O–H groups in total. The molecule has 6 aliphatic heterocycles. The van der Waals surface area contributed by atoms with E-state index in [4.69, 9.17) is 62.6 Å². The molecule has 0 aromatic heterocycles. The van der Waals surface area contributed by atoms with Crippen LogP contribution in [0.5, 0.6) is 0 Å². The smallest absolute Gasteiger partial charge is 0.364 e. The number of nitrogens with two attached hydrogens (primary N) is 1. The van der Waals surface area contributed by atoms with E-state index in [-0.39, 0.29) is 12.3 Å². The maximum atomic E-state index is 13.6. The summed E-state index contributed by atoms with van der Waals surface area (Å²) in [4.78, 5) is 40.2. The zero-order valence-corrected chi connectivity index (χ0v) is 66.6. The third kappa shape index (κ3) is 29.1. The molecule has 6 rings (SSSR count). The Morgan fingerprint density at radius 1 is 0.500 bits per heavy atom. The van der Waals surface area contributed by atoms with E-state index in [1.807, 2.05) is 6.08 Å². The fourth-order valence-corrected chi connectivity index (χ4v) is 15.4. The van der Waals surface area contributed by atoms with Crippen molar-refractivity contribution in [3.63, 3.8) is 0 Å². The molecule has 6 fully saturated rings. The van der Waals surface area contributed by atoms with Crippen molar-refractivity contribution in [3.8, 4) is 0 Å². The van der Waals surface area contributed by atoms with Crippen molar-refractivity contribution < 1.29 is 168 Å². The second-order valence-electron chi connectivity index (χ2n) is 31.4. The number of hydrogen-bond donors (Lipinski definition) is 22. The number of aliphatic hydroxyl groups is 18. The largest absolute Gasteiger partial charge is 0.477 e. The molecule has 0 spiro atoms. The molecule has 37 nitrogen and oxygen atoms in total. The third-order valence-corrected chi connectivity index (χ3v) is 22.3. The maximum Gasteiger partial charge on any atom is 0.364 e. The third-order valence-electron chi connectivity index (χ3n) is 22.3. The molecule has 6 heterocycles. The Bertz CT molecular complexity index is 2690. The Labute approximate surface area is 667 Å². The van der Waals surface area contributed by atoms with Crippen LogP contribution in [0.25, 0.3) is 0 Å². The summed E-state index contributed by atoms with van der Waals surface area (Å²) in [5.74, 6) is -6.57. The molecule has 6 saturated heterocycles. The number of carbonyl (C=O) groups excluding carboxylic acids is 2. The molecule has 0 bridgehead atoms. The molecule has 37 heteroatoms. The number of nitrogens with one attached hydrogen (secondary N) is 2. The summed E-state index contributed by atoms with van der Waals surface area (Å²) in [5, 5.41) is 217. The van der Waals surface area contributed by atoms with Crippen molar-refractivity contribution in [1.82, 2.24) is 10.6 Å². The van der Waals surface area contributed by atoms with Gasteiger partial charge in [-0.05, 0) is 26.2 Å². The van der Waals surface area contributed by atoms with Gasteiger partial charge in [-0.3, -0.25) is 9.59 Å². The van der Waals surface area contributed by atoms with Crippen molar-refractivity contribution >= 4 is 17.8 Å². The first kappa shape index (κ1) is 99.7. The van der Waals surface area contributed by atoms with E-state index in [9.17, 15) is 111 Å². The van der Waals surface area contributed by atoms with E-state index >= 15 is 0 Å². The van der Waals surface area contributed by atoms with Crippen LogP contribution in [0.3, 0.4) is 0 Å². The molecule has 2 amide bonds. The van der Waals surface area contributed by atoms with E-state index in [2.05, 4.69) is 24.5 Å². The van der Waals surface area contributed by atoms with Gasteiger partial charge in [-0.1, -0.05) is 180 Å². The number of carbonyl (C=O) groups is 3. The van der Waals surface area contributed by atoms with Gasteiger partial charge in [-0.2, -0.15) is 0 Å². The minimum Gasteiger partial charge on any atom is -0.477 e. The quantitative estimate of drug-likeness (QED) is 0.0224. The summed E-state index contributed by atoms with van der Waals surface area (Å²) in [7, 11) is 0. The number of ether oxygens (including phenoxy) is 12. The molecule has 33 atom stereocenters. The summed E-state index contributed by atoms with van der Waals surface area (Å²) in [6, 6.07) is -4.72. The SMILES string of the molecule is CCCCCCCCCCCCC/C=C/[C@@H](O)[C@H](CO[C@@H]1O[C@H](CO)[C@@H](O[C@@H]2O[C@H](CO)[C@H](O)[C@H](O[C@@H]3O[C@H](CO)[C@@H](O[C@@H]4O[C@H](CO)[C@H](O)[C@H](O[C@]5(C(=O)O)C[C@H](O)[C@@H](N)[C@H]([C@@H](O)[C@H](O)CO)O5)[C@H]4O)[C@H](O[C@@H]4O[C@@H](C)[C@@H](O)[C@@H](O)[C@@H]4O)[C@H]3NC(C)=O)[C@H]2O)[C@H](O)[C@H]1O)NC(=O)CCCCCCCCCCCCCCCCC. The predicted octanol–water partition coefficient (Wildman–Crippen LogP) is -2.37. The molecule has 0 aromatic carbocycles. The molecular weight excluding hydrogens is 1510 g/mol. The zero-order valence-electron chi connectivity index (χ0n) is 66.6. The van der Waals surface area contributed by atoms with Gasteiger partial charge in [0, 0.05) is 19.8 Å². The van der Waals surface area contributed by atoms with Crippen LogP contribution in [0.4, 0.5) is 0 Å². The first-order chi connectivity index (χ1) is 54.6. The van der Waals surface area contributed by atoms with Crippen LogP contribution in [0.1, 0.15) is 214 Å². The molecule has 114 heavy (non-hydrogen) atoms. The van der Waals surface area contributed by atoms with Crippen LogP contribution in [0.15, 0.2) is 12.2 Å². The van der Waals surface area contributed by atoms with Gasteiger partial charge >= 0.3 is 5.97 Å². The number of hydrogen-bond acceptors (Lipinski definition) is 34. The van der Waals surface area contributed by atoms with Crippen molar-refractivity contribution in [2.24, 2.45) is 5.73 Å². The Balaban J connectivity index is 1.18. The van der Waals surface area contributed by atoms with Crippen LogP contribution in [0.2, 0.25) is 0 Å². The molecule has 0 radical (unpaired) electrons. The highest BCUT2D eigenvalue weighted by Crippen LogP contribution is 2.41. The van der Waals surface area contributed by atoms with E-state index in [0.717, 1.165) is 58.3 Å². The number of carboxylic acid groups (broad SMARTS) is 1. The van der Waals surface area contributed by atoms with Crippen molar-refractivity contribution in [3.05, 3.63) is 12.2 Å². The Morgan fingerprint density at radius 2 is 0.939 bits per heavy atom. The number of carboxylic acids is 1. The number of amides is 2. The highest BCUT2D eigenvalue weighted by Gasteiger charge is 2.62. The standard InChI is InChI=1S/C77H139N3O34/c1-5-7-9-11-13-15-17-19-20-22-24-26-28-30-32-34-52(90)80-44(45(87)33-31-29-27-25-23-21-18-16-14-12-10-8-6-2)41-103-72-62(98)60(96)65(50(39-84)108-72)109-74-63(99)69(57(93)48(37-82)105-74)112-71-54(79-43(4)86)68(111-73-61(97)59(95)55(91)42(3)104-73)66(51(40-85)107-71)110-75-64(100)70(58(94)49(38-83)106-75)114-77(76(101)102)35-46(88)53(78)67(113-77)56(92)47(89)36-81/h31,33,42,44-51,53-75,81-85,87-89,91-100H,5-30,32,34-41,78H2,1-4H3,(H,79,86)(H,80,90)(H,101,102)/b33-31+/t42-,44-,45+,46-,47+,48+,49+,50+,51+,53+,54+,55+,56-,57-,58-,59+,60+,61-,62+,63+,64+,65+,66+,67+,68+,69-,70-,71-,72+,73-,74-,75-,77-/m0/s1. The molecule has 666 valence electrons. The van der Waals surface area contributed by atoms with Crippen LogP contribution in [-0.2, 0) is 71.2 Å². The van der Waals surface area contributed by atoms with Crippen LogP contribution in [-0.4, -0.2) is 356 Å². The molecule has 0 saturated carbocycles. The van der Waals surface area contributed by atoms with Crippen LogP contribution in [0, 0.1) is 0 Å². The Morgan fingerprint density at radius 3 is 1.45 bits per heavy atom. The number of aliphatic hydroxyl groups excluding tert-OH is 18. The average molecular weight is 1650 g/mol. The first-order valence-electron chi connectivity index (χ1n) is 41.5. The number of aliphatic carboxylic acids is 1. The molecular formula is C77H139N3O34. The monoisotopic (exact) mass is 1650 g/mol. The van der Waals surface area contributed by atoms with Gasteiger partial charge in [-0.25, -0.2) is 4.79 Å².